The van der Waals surface area contributed by atoms with E-state index in [-0.39, 0.29) is 17.7 Å². The van der Waals surface area contributed by atoms with Crippen LogP contribution in [0, 0.1) is 5.92 Å². The molecule has 0 saturated carbocycles. The third kappa shape index (κ3) is 13.4. The normalized spacial score (nSPS) is 14.4. The topological polar surface area (TPSA) is 35.5 Å². The average Bonchev–Trinajstić information content (AvgIpc) is 2.45. The van der Waals surface area contributed by atoms with Crippen molar-refractivity contribution < 1.29 is 14.3 Å². The maximum atomic E-state index is 11.5. The third-order valence-electron chi connectivity index (χ3n) is 4.14. The molecule has 140 valence electrons. The van der Waals surface area contributed by atoms with Crippen LogP contribution in [-0.4, -0.2) is 24.8 Å². The van der Waals surface area contributed by atoms with Crippen molar-refractivity contribution in [2.45, 2.75) is 91.8 Å². The molecule has 0 rings (SSSR count). The molecule has 3 nitrogen and oxygen atoms in total. The first-order valence-electron chi connectivity index (χ1n) is 9.27. The Morgan fingerprint density at radius 2 is 1.79 bits per heavy atom. The maximum Gasteiger partial charge on any atom is 0.331 e. The van der Waals surface area contributed by atoms with Gasteiger partial charge in [-0.05, 0) is 59.0 Å². The Morgan fingerprint density at radius 3 is 2.38 bits per heavy atom. The van der Waals surface area contributed by atoms with Gasteiger partial charge in [0.2, 0.25) is 0 Å². The molecule has 0 aromatic carbocycles. The molecule has 0 N–H and O–H groups in total. The van der Waals surface area contributed by atoms with Crippen LogP contribution in [0.5, 0.6) is 0 Å². The van der Waals surface area contributed by atoms with Crippen molar-refractivity contribution >= 4 is 5.97 Å². The Balaban J connectivity index is 3.90. The zero-order chi connectivity index (χ0) is 18.6. The van der Waals surface area contributed by atoms with E-state index in [1.165, 1.54) is 25.7 Å². The van der Waals surface area contributed by atoms with Crippen LogP contribution in [-0.2, 0) is 14.3 Å². The smallest absolute Gasteiger partial charge is 0.331 e. The van der Waals surface area contributed by atoms with Crippen LogP contribution in [0.25, 0.3) is 0 Å². The van der Waals surface area contributed by atoms with E-state index >= 15 is 0 Å². The molecular weight excluding hydrogens is 300 g/mol. The Morgan fingerprint density at radius 1 is 1.12 bits per heavy atom. The SMILES string of the molecule is COC(C)(C)CCCCCC(C)C/C=C/C(C)=C/C(=O)OC(C)C. The predicted molar refractivity (Wildman–Crippen MR) is 102 cm³/mol. The highest BCUT2D eigenvalue weighted by Gasteiger charge is 2.14. The largest absolute Gasteiger partial charge is 0.460 e. The number of esters is 1. The number of rotatable bonds is 12. The fourth-order valence-electron chi connectivity index (χ4n) is 2.43. The molecule has 0 aliphatic carbocycles. The standard InChI is InChI=1S/C21H38O3/c1-17(2)24-20(22)16-19(4)14-11-13-18(3)12-9-8-10-15-21(5,6)23-7/h11,14,16-18H,8-10,12-13,15H2,1-7H3/b14-11+,19-16+. The van der Waals surface area contributed by atoms with Gasteiger partial charge in [0, 0.05) is 13.2 Å². The van der Waals surface area contributed by atoms with E-state index in [0.717, 1.165) is 18.4 Å². The number of carbonyl (C=O) groups is 1. The minimum Gasteiger partial charge on any atom is -0.460 e. The molecule has 0 aromatic rings. The maximum absolute atomic E-state index is 11.5. The molecule has 0 aromatic heterocycles. The van der Waals surface area contributed by atoms with Gasteiger partial charge in [-0.15, -0.1) is 0 Å². The zero-order valence-corrected chi connectivity index (χ0v) is 16.9. The van der Waals surface area contributed by atoms with Crippen molar-refractivity contribution in [2.75, 3.05) is 7.11 Å². The summed E-state index contributed by atoms with van der Waals surface area (Å²) in [5.41, 5.74) is 0.948. The van der Waals surface area contributed by atoms with Crippen LogP contribution in [0.2, 0.25) is 0 Å². The summed E-state index contributed by atoms with van der Waals surface area (Å²) in [7, 11) is 1.79. The van der Waals surface area contributed by atoms with E-state index in [9.17, 15) is 4.79 Å². The van der Waals surface area contributed by atoms with Gasteiger partial charge in [0.25, 0.3) is 0 Å². The number of ether oxygens (including phenoxy) is 2. The van der Waals surface area contributed by atoms with E-state index in [0.29, 0.717) is 5.92 Å². The van der Waals surface area contributed by atoms with Gasteiger partial charge < -0.3 is 9.47 Å². The molecule has 0 heterocycles. The quantitative estimate of drug-likeness (QED) is 0.194. The van der Waals surface area contributed by atoms with Crippen LogP contribution in [0.3, 0.4) is 0 Å². The minimum atomic E-state index is -0.265. The lowest BCUT2D eigenvalue weighted by Gasteiger charge is -2.22. The minimum absolute atomic E-state index is 0.00886. The molecule has 0 radical (unpaired) electrons. The summed E-state index contributed by atoms with van der Waals surface area (Å²) >= 11 is 0. The molecule has 0 bridgehead atoms. The molecule has 0 amide bonds. The predicted octanol–water partition coefficient (Wildman–Crippen LogP) is 5.84. The summed E-state index contributed by atoms with van der Waals surface area (Å²) in [5.74, 6) is 0.409. The summed E-state index contributed by atoms with van der Waals surface area (Å²) in [6.45, 7) is 12.2. The first-order chi connectivity index (χ1) is 11.2. The molecule has 1 unspecified atom stereocenters. The number of unbranched alkanes of at least 4 members (excludes halogenated alkanes) is 2. The molecule has 0 aliphatic heterocycles. The molecule has 0 aliphatic rings. The van der Waals surface area contributed by atoms with Gasteiger partial charge in [-0.25, -0.2) is 4.79 Å². The van der Waals surface area contributed by atoms with Gasteiger partial charge in [-0.3, -0.25) is 0 Å². The Hall–Kier alpha value is -1.09. The second-order valence-electron chi connectivity index (χ2n) is 7.68. The lowest BCUT2D eigenvalue weighted by atomic mass is 9.96. The Labute approximate surface area is 149 Å². The average molecular weight is 339 g/mol. The van der Waals surface area contributed by atoms with Crippen molar-refractivity contribution in [1.82, 2.24) is 0 Å². The number of methoxy groups -OCH3 is 1. The van der Waals surface area contributed by atoms with Crippen LogP contribution < -0.4 is 0 Å². The molecule has 1 atom stereocenters. The van der Waals surface area contributed by atoms with E-state index in [1.807, 2.05) is 26.8 Å². The summed E-state index contributed by atoms with van der Waals surface area (Å²) in [5, 5.41) is 0. The van der Waals surface area contributed by atoms with Gasteiger partial charge in [-0.1, -0.05) is 44.8 Å². The first-order valence-corrected chi connectivity index (χ1v) is 9.27. The lowest BCUT2D eigenvalue weighted by molar-refractivity contribution is -0.141. The van der Waals surface area contributed by atoms with Crippen molar-refractivity contribution in [2.24, 2.45) is 5.92 Å². The first kappa shape index (κ1) is 22.9. The van der Waals surface area contributed by atoms with Crippen molar-refractivity contribution in [1.29, 1.82) is 0 Å². The molecule has 0 spiro atoms. The van der Waals surface area contributed by atoms with Crippen molar-refractivity contribution in [3.05, 3.63) is 23.8 Å². The lowest BCUT2D eigenvalue weighted by Crippen LogP contribution is -2.21. The summed E-state index contributed by atoms with van der Waals surface area (Å²) < 4.78 is 10.5. The second kappa shape index (κ2) is 12.3. The van der Waals surface area contributed by atoms with Crippen molar-refractivity contribution in [3.8, 4) is 0 Å². The highest BCUT2D eigenvalue weighted by molar-refractivity contribution is 5.83. The Bertz CT molecular complexity index is 405. The highest BCUT2D eigenvalue weighted by atomic mass is 16.5. The van der Waals surface area contributed by atoms with Crippen LogP contribution in [0.4, 0.5) is 0 Å². The molecule has 3 heteroatoms. The van der Waals surface area contributed by atoms with Crippen LogP contribution in [0.15, 0.2) is 23.8 Å². The van der Waals surface area contributed by atoms with Gasteiger partial charge in [0.05, 0.1) is 11.7 Å². The van der Waals surface area contributed by atoms with E-state index in [4.69, 9.17) is 9.47 Å². The van der Waals surface area contributed by atoms with Gasteiger partial charge in [0.15, 0.2) is 0 Å². The number of allylic oxidation sites excluding steroid dienone is 3. The molecule has 0 fully saturated rings. The van der Waals surface area contributed by atoms with Crippen LogP contribution >= 0.6 is 0 Å². The van der Waals surface area contributed by atoms with Gasteiger partial charge >= 0.3 is 5.97 Å². The zero-order valence-electron chi connectivity index (χ0n) is 16.9. The van der Waals surface area contributed by atoms with Crippen LogP contribution in [0.1, 0.15) is 80.1 Å². The van der Waals surface area contributed by atoms with E-state index in [2.05, 4.69) is 26.8 Å². The van der Waals surface area contributed by atoms with Gasteiger partial charge in [0.1, 0.15) is 0 Å². The number of hydrogen-bond acceptors (Lipinski definition) is 3. The summed E-state index contributed by atoms with van der Waals surface area (Å²) in [6, 6.07) is 0. The summed E-state index contributed by atoms with van der Waals surface area (Å²) in [4.78, 5) is 11.5. The van der Waals surface area contributed by atoms with E-state index in [1.54, 1.807) is 13.2 Å². The third-order valence-corrected chi connectivity index (χ3v) is 4.14. The fraction of sp³-hybridized carbons (Fsp3) is 0.762. The van der Waals surface area contributed by atoms with E-state index < -0.39 is 0 Å². The number of carbonyl (C=O) groups excluding carboxylic acids is 1. The molecule has 24 heavy (non-hydrogen) atoms. The summed E-state index contributed by atoms with van der Waals surface area (Å²) in [6.07, 6.45) is 12.8. The second-order valence-corrected chi connectivity index (χ2v) is 7.68. The molecule has 0 saturated heterocycles. The number of hydrogen-bond donors (Lipinski definition) is 0. The van der Waals surface area contributed by atoms with Gasteiger partial charge in [-0.2, -0.15) is 0 Å². The Kier molecular flexibility index (Phi) is 11.7. The highest BCUT2D eigenvalue weighted by Crippen LogP contribution is 2.20. The molecular formula is C21H38O3. The van der Waals surface area contributed by atoms with Crippen molar-refractivity contribution in [3.63, 3.8) is 0 Å². The fourth-order valence-corrected chi connectivity index (χ4v) is 2.43. The monoisotopic (exact) mass is 338 g/mol.